The van der Waals surface area contributed by atoms with E-state index in [2.05, 4.69) is 12.5 Å². The summed E-state index contributed by atoms with van der Waals surface area (Å²) in [6, 6.07) is 0. The molecule has 0 N–H and O–H groups in total. The van der Waals surface area contributed by atoms with Crippen LogP contribution in [0.3, 0.4) is 0 Å². The molecular formula is C25H46O11. The third-order valence-corrected chi connectivity index (χ3v) is 4.00. The average molecular weight is 523 g/mol. The second-order valence-electron chi connectivity index (χ2n) is 6.81. The van der Waals surface area contributed by atoms with E-state index in [1.165, 1.54) is 6.26 Å². The molecule has 0 rings (SSSR count). The van der Waals surface area contributed by atoms with Gasteiger partial charge in [-0.25, -0.2) is 0 Å². The lowest BCUT2D eigenvalue weighted by molar-refractivity contribution is -0.0266. The fourth-order valence-corrected chi connectivity index (χ4v) is 2.30. The van der Waals surface area contributed by atoms with Gasteiger partial charge in [-0.3, -0.25) is 0 Å². The zero-order chi connectivity index (χ0) is 26.0. The van der Waals surface area contributed by atoms with Gasteiger partial charge in [-0.1, -0.05) is 12.5 Å². The van der Waals surface area contributed by atoms with E-state index in [1.54, 1.807) is 0 Å². The summed E-state index contributed by atoms with van der Waals surface area (Å²) in [5.41, 5.74) is 0. The summed E-state index contributed by atoms with van der Waals surface area (Å²) in [6.45, 7) is 14.1. The van der Waals surface area contributed by atoms with Gasteiger partial charge in [-0.05, 0) is 0 Å². The maximum absolute atomic E-state index is 5.44. The summed E-state index contributed by atoms with van der Waals surface area (Å²) < 4.78 is 58.6. The van der Waals surface area contributed by atoms with Gasteiger partial charge in [-0.2, -0.15) is 0 Å². The molecule has 11 heteroatoms. The molecular weight excluding hydrogens is 476 g/mol. The molecule has 0 fully saturated rings. The quantitative estimate of drug-likeness (QED) is 0.0717. The van der Waals surface area contributed by atoms with Crippen LogP contribution in [0.1, 0.15) is 0 Å². The van der Waals surface area contributed by atoms with E-state index in [1.807, 2.05) is 0 Å². The van der Waals surface area contributed by atoms with Crippen LogP contribution < -0.4 is 0 Å². The zero-order valence-corrected chi connectivity index (χ0v) is 21.7. The van der Waals surface area contributed by atoms with Crippen LogP contribution >= 0.6 is 0 Å². The van der Waals surface area contributed by atoms with Gasteiger partial charge in [-0.15, -0.1) is 6.42 Å². The standard InChI is InChI=1S/C25H46O11/c1-3-5-27-8-9-29-12-13-31-16-17-33-20-21-35-24-25-36-23-22-34-19-18-32-15-14-30-11-10-28-7-6-26-4-2/h1,4H,2,5-25H2. The van der Waals surface area contributed by atoms with Gasteiger partial charge in [0, 0.05) is 0 Å². The van der Waals surface area contributed by atoms with Gasteiger partial charge in [0.25, 0.3) is 0 Å². The smallest absolute Gasteiger partial charge is 0.111 e. The first-order valence-electron chi connectivity index (χ1n) is 12.3. The number of hydrogen-bond donors (Lipinski definition) is 0. The molecule has 0 aromatic rings. The molecule has 0 saturated carbocycles. The molecule has 0 radical (unpaired) electrons. The topological polar surface area (TPSA) is 102 Å². The Balaban J connectivity index is 3.01. The fraction of sp³-hybridized carbons (Fsp3) is 0.840. The van der Waals surface area contributed by atoms with Gasteiger partial charge < -0.3 is 52.1 Å². The molecule has 0 aliphatic rings. The van der Waals surface area contributed by atoms with Crippen molar-refractivity contribution in [2.45, 2.75) is 0 Å². The summed E-state index contributed by atoms with van der Waals surface area (Å²) in [5.74, 6) is 2.39. The van der Waals surface area contributed by atoms with E-state index in [9.17, 15) is 0 Å². The molecule has 0 aromatic carbocycles. The monoisotopic (exact) mass is 522 g/mol. The highest BCUT2D eigenvalue weighted by molar-refractivity contribution is 4.82. The summed E-state index contributed by atoms with van der Waals surface area (Å²) >= 11 is 0. The molecule has 0 amide bonds. The third kappa shape index (κ3) is 32.7. The van der Waals surface area contributed by atoms with Crippen molar-refractivity contribution in [2.75, 3.05) is 139 Å². The van der Waals surface area contributed by atoms with E-state index in [4.69, 9.17) is 58.5 Å². The first-order valence-corrected chi connectivity index (χ1v) is 12.3. The van der Waals surface area contributed by atoms with Gasteiger partial charge in [0.2, 0.25) is 0 Å². The van der Waals surface area contributed by atoms with Crippen molar-refractivity contribution >= 4 is 0 Å². The van der Waals surface area contributed by atoms with Crippen LogP contribution in [0.2, 0.25) is 0 Å². The number of terminal acetylenes is 1. The summed E-state index contributed by atoms with van der Waals surface area (Å²) in [4.78, 5) is 0. The third-order valence-electron chi connectivity index (χ3n) is 4.00. The van der Waals surface area contributed by atoms with Crippen LogP contribution in [0.15, 0.2) is 12.8 Å². The Labute approximate surface area is 216 Å². The Morgan fingerprint density at radius 2 is 0.611 bits per heavy atom. The Kier molecular flexibility index (Phi) is 32.5. The Morgan fingerprint density at radius 3 is 0.833 bits per heavy atom. The van der Waals surface area contributed by atoms with Crippen molar-refractivity contribution < 1.29 is 52.1 Å². The van der Waals surface area contributed by atoms with Crippen LogP contribution in [-0.2, 0) is 52.1 Å². The van der Waals surface area contributed by atoms with Crippen LogP contribution in [-0.4, -0.2) is 139 Å². The van der Waals surface area contributed by atoms with Gasteiger partial charge >= 0.3 is 0 Å². The molecule has 212 valence electrons. The van der Waals surface area contributed by atoms with Crippen molar-refractivity contribution in [3.05, 3.63) is 12.8 Å². The molecule has 0 heterocycles. The van der Waals surface area contributed by atoms with Crippen molar-refractivity contribution in [2.24, 2.45) is 0 Å². The molecule has 36 heavy (non-hydrogen) atoms. The lowest BCUT2D eigenvalue weighted by Crippen LogP contribution is -2.15. The maximum atomic E-state index is 5.44. The van der Waals surface area contributed by atoms with Gasteiger partial charge in [0.15, 0.2) is 0 Å². The van der Waals surface area contributed by atoms with Crippen LogP contribution in [0.25, 0.3) is 0 Å². The number of rotatable bonds is 32. The van der Waals surface area contributed by atoms with Crippen molar-refractivity contribution in [1.82, 2.24) is 0 Å². The van der Waals surface area contributed by atoms with E-state index in [-0.39, 0.29) is 0 Å². The van der Waals surface area contributed by atoms with Gasteiger partial charge in [0.05, 0.1) is 132 Å². The SMILES string of the molecule is C#CCOCCOCCOCCOCCOCCOCCOCCOCCOCCOCCOC=C. The highest BCUT2D eigenvalue weighted by Gasteiger charge is 1.95. The fourth-order valence-electron chi connectivity index (χ4n) is 2.30. The molecule has 11 nitrogen and oxygen atoms in total. The minimum atomic E-state index is 0.309. The van der Waals surface area contributed by atoms with Crippen molar-refractivity contribution in [3.8, 4) is 12.3 Å². The first kappa shape index (κ1) is 34.7. The Morgan fingerprint density at radius 1 is 0.389 bits per heavy atom. The Hall–Kier alpha value is -1.30. The second-order valence-corrected chi connectivity index (χ2v) is 6.81. The lowest BCUT2D eigenvalue weighted by Gasteiger charge is -2.09. The van der Waals surface area contributed by atoms with Crippen molar-refractivity contribution in [1.29, 1.82) is 0 Å². The van der Waals surface area contributed by atoms with E-state index in [0.717, 1.165) is 0 Å². The summed E-state index contributed by atoms with van der Waals surface area (Å²) in [6.07, 6.45) is 6.46. The van der Waals surface area contributed by atoms with Crippen molar-refractivity contribution in [3.63, 3.8) is 0 Å². The maximum Gasteiger partial charge on any atom is 0.111 e. The van der Waals surface area contributed by atoms with Crippen LogP contribution in [0, 0.1) is 12.3 Å². The number of ether oxygens (including phenoxy) is 11. The average Bonchev–Trinajstić information content (AvgIpc) is 2.89. The highest BCUT2D eigenvalue weighted by atomic mass is 16.6. The largest absolute Gasteiger partial charge is 0.499 e. The van der Waals surface area contributed by atoms with E-state index >= 15 is 0 Å². The number of hydrogen-bond acceptors (Lipinski definition) is 11. The minimum Gasteiger partial charge on any atom is -0.499 e. The predicted molar refractivity (Wildman–Crippen MR) is 133 cm³/mol. The van der Waals surface area contributed by atoms with E-state index in [0.29, 0.717) is 139 Å². The minimum absolute atomic E-state index is 0.309. The van der Waals surface area contributed by atoms with Crippen LogP contribution in [0.4, 0.5) is 0 Å². The summed E-state index contributed by atoms with van der Waals surface area (Å²) in [5, 5.41) is 0. The molecule has 0 aromatic heterocycles. The highest BCUT2D eigenvalue weighted by Crippen LogP contribution is 1.86. The molecule has 0 atom stereocenters. The first-order chi connectivity index (χ1) is 17.9. The molecule has 0 bridgehead atoms. The molecule has 0 aliphatic heterocycles. The summed E-state index contributed by atoms with van der Waals surface area (Å²) in [7, 11) is 0. The van der Waals surface area contributed by atoms with Gasteiger partial charge in [0.1, 0.15) is 13.2 Å². The lowest BCUT2D eigenvalue weighted by atomic mass is 10.6. The molecule has 0 unspecified atom stereocenters. The predicted octanol–water partition coefficient (Wildman–Crippen LogP) is 0.946. The Bertz CT molecular complexity index is 460. The van der Waals surface area contributed by atoms with Crippen LogP contribution in [0.5, 0.6) is 0 Å². The normalized spacial score (nSPS) is 11.0. The molecule has 0 saturated heterocycles. The molecule has 0 spiro atoms. The zero-order valence-electron chi connectivity index (χ0n) is 21.7. The van der Waals surface area contributed by atoms with E-state index < -0.39 is 0 Å². The molecule has 0 aliphatic carbocycles. The second kappa shape index (κ2) is 33.7.